The lowest BCUT2D eigenvalue weighted by Gasteiger charge is -2.39. The van der Waals surface area contributed by atoms with Gasteiger partial charge in [-0.1, -0.05) is 6.92 Å². The number of carbonyl (C=O) groups excluding carboxylic acids is 3. The number of nitrogens with one attached hydrogen (secondary N) is 3. The van der Waals surface area contributed by atoms with E-state index in [1.807, 2.05) is 39.5 Å². The Labute approximate surface area is 171 Å². The minimum Gasteiger partial charge on any atom is -0.352 e. The second-order valence-corrected chi connectivity index (χ2v) is 8.39. The Kier molecular flexibility index (Phi) is 6.14. The maximum Gasteiger partial charge on any atom is 0.318 e. The van der Waals surface area contributed by atoms with Crippen LogP contribution in [0.2, 0.25) is 0 Å². The first-order valence-corrected chi connectivity index (χ1v) is 10.4. The van der Waals surface area contributed by atoms with Gasteiger partial charge in [-0.3, -0.25) is 14.7 Å². The molecule has 1 aromatic heterocycles. The fraction of sp³-hybridized carbons (Fsp3) is 0.700. The monoisotopic (exact) mass is 404 g/mol. The van der Waals surface area contributed by atoms with Crippen LogP contribution in [0.15, 0.2) is 0 Å². The second kappa shape index (κ2) is 8.42. The van der Waals surface area contributed by atoms with E-state index >= 15 is 0 Å². The molecule has 2 saturated heterocycles. The predicted octanol–water partition coefficient (Wildman–Crippen LogP) is 1.07. The van der Waals surface area contributed by atoms with Gasteiger partial charge in [-0.2, -0.15) is 5.10 Å². The Morgan fingerprint density at radius 3 is 2.62 bits per heavy atom. The van der Waals surface area contributed by atoms with E-state index in [1.165, 1.54) is 0 Å². The number of fused-ring (bicyclic) bond motifs is 1. The van der Waals surface area contributed by atoms with Crippen molar-refractivity contribution in [1.82, 2.24) is 30.6 Å². The molecule has 2 fully saturated rings. The molecule has 4 amide bonds. The molecule has 1 aromatic rings. The van der Waals surface area contributed by atoms with Crippen molar-refractivity contribution in [2.45, 2.75) is 72.1 Å². The maximum atomic E-state index is 13.0. The number of hydrogen-bond acceptors (Lipinski definition) is 4. The Bertz CT molecular complexity index is 770. The van der Waals surface area contributed by atoms with Crippen LogP contribution in [-0.2, 0) is 16.1 Å². The highest BCUT2D eigenvalue weighted by atomic mass is 16.2. The lowest BCUT2D eigenvalue weighted by Crippen LogP contribution is -2.59. The number of aromatic amines is 1. The van der Waals surface area contributed by atoms with Gasteiger partial charge < -0.3 is 20.4 Å². The quantitative estimate of drug-likeness (QED) is 0.682. The molecule has 3 N–H and O–H groups in total. The van der Waals surface area contributed by atoms with E-state index in [1.54, 1.807) is 4.90 Å². The number of rotatable bonds is 5. The van der Waals surface area contributed by atoms with Crippen molar-refractivity contribution in [2.75, 3.05) is 13.1 Å². The largest absolute Gasteiger partial charge is 0.352 e. The van der Waals surface area contributed by atoms with Crippen molar-refractivity contribution in [3.05, 3.63) is 17.0 Å². The number of piperazine rings is 1. The van der Waals surface area contributed by atoms with Gasteiger partial charge >= 0.3 is 6.03 Å². The average molecular weight is 405 g/mol. The van der Waals surface area contributed by atoms with Gasteiger partial charge in [0.15, 0.2) is 0 Å². The number of hydrogen-bond donors (Lipinski definition) is 3. The molecule has 0 unspecified atom stereocenters. The molecule has 0 radical (unpaired) electrons. The van der Waals surface area contributed by atoms with Crippen molar-refractivity contribution < 1.29 is 14.4 Å². The van der Waals surface area contributed by atoms with Gasteiger partial charge in [0, 0.05) is 36.4 Å². The van der Waals surface area contributed by atoms with E-state index in [4.69, 9.17) is 0 Å². The van der Waals surface area contributed by atoms with Gasteiger partial charge in [0.2, 0.25) is 11.8 Å². The summed E-state index contributed by atoms with van der Waals surface area (Å²) < 4.78 is 0. The zero-order chi connectivity index (χ0) is 21.3. The summed E-state index contributed by atoms with van der Waals surface area (Å²) in [6.45, 7) is 10.6. The summed E-state index contributed by atoms with van der Waals surface area (Å²) in [7, 11) is 0. The molecule has 3 atom stereocenters. The number of amides is 4. The molecule has 3 rings (SSSR count). The summed E-state index contributed by atoms with van der Waals surface area (Å²) in [5.41, 5.74) is 2.82. The molecule has 0 aromatic carbocycles. The summed E-state index contributed by atoms with van der Waals surface area (Å²) in [6.07, 6.45) is 1.28. The van der Waals surface area contributed by atoms with Crippen molar-refractivity contribution in [3.63, 3.8) is 0 Å². The van der Waals surface area contributed by atoms with Crippen LogP contribution in [0.1, 0.15) is 50.6 Å². The molecule has 0 aliphatic carbocycles. The van der Waals surface area contributed by atoms with Crippen molar-refractivity contribution >= 4 is 17.8 Å². The highest BCUT2D eigenvalue weighted by Gasteiger charge is 2.49. The Morgan fingerprint density at radius 1 is 1.31 bits per heavy atom. The summed E-state index contributed by atoms with van der Waals surface area (Å²) in [4.78, 5) is 41.6. The molecule has 3 heterocycles. The lowest BCUT2D eigenvalue weighted by molar-refractivity contribution is -0.139. The first-order valence-electron chi connectivity index (χ1n) is 10.4. The van der Waals surface area contributed by atoms with Gasteiger partial charge in [-0.05, 0) is 40.5 Å². The summed E-state index contributed by atoms with van der Waals surface area (Å²) in [6, 6.07) is -0.461. The molecule has 29 heavy (non-hydrogen) atoms. The normalized spacial score (nSPS) is 24.1. The van der Waals surface area contributed by atoms with Crippen molar-refractivity contribution in [1.29, 1.82) is 0 Å². The molecule has 2 aliphatic rings. The molecule has 9 heteroatoms. The summed E-state index contributed by atoms with van der Waals surface area (Å²) >= 11 is 0. The highest BCUT2D eigenvalue weighted by Crippen LogP contribution is 2.35. The number of aryl methyl sites for hydroxylation is 2. The van der Waals surface area contributed by atoms with Gasteiger partial charge in [-0.15, -0.1) is 0 Å². The van der Waals surface area contributed by atoms with Crippen LogP contribution in [-0.4, -0.2) is 69.1 Å². The van der Waals surface area contributed by atoms with E-state index < -0.39 is 0 Å². The number of aromatic nitrogens is 2. The topological polar surface area (TPSA) is 110 Å². The number of urea groups is 1. The predicted molar refractivity (Wildman–Crippen MR) is 108 cm³/mol. The van der Waals surface area contributed by atoms with Crippen LogP contribution < -0.4 is 10.6 Å². The molecule has 0 saturated carbocycles. The van der Waals surface area contributed by atoms with Crippen molar-refractivity contribution in [2.24, 2.45) is 5.92 Å². The van der Waals surface area contributed by atoms with Crippen LogP contribution in [0.25, 0.3) is 0 Å². The molecular weight excluding hydrogens is 372 g/mol. The fourth-order valence-corrected chi connectivity index (χ4v) is 4.54. The van der Waals surface area contributed by atoms with E-state index in [2.05, 4.69) is 20.8 Å². The SMILES string of the molecule is CC[C@H]1[C@@H](C(=O)NCc2c(C)n[nH]c2C)C[C@H]2CN(C(=O)NC(C)C)CC(=O)N21. The van der Waals surface area contributed by atoms with Gasteiger partial charge in [0.25, 0.3) is 0 Å². The van der Waals surface area contributed by atoms with E-state index in [9.17, 15) is 14.4 Å². The maximum absolute atomic E-state index is 13.0. The fourth-order valence-electron chi connectivity index (χ4n) is 4.54. The summed E-state index contributed by atoms with van der Waals surface area (Å²) in [5, 5.41) is 13.0. The third-order valence-corrected chi connectivity index (χ3v) is 5.96. The van der Waals surface area contributed by atoms with Gasteiger partial charge in [0.1, 0.15) is 6.54 Å². The Morgan fingerprint density at radius 2 is 2.03 bits per heavy atom. The average Bonchev–Trinajstić information content (AvgIpc) is 3.19. The zero-order valence-electron chi connectivity index (χ0n) is 17.9. The first-order chi connectivity index (χ1) is 13.7. The van der Waals surface area contributed by atoms with E-state index in [0.717, 1.165) is 17.0 Å². The summed E-state index contributed by atoms with van der Waals surface area (Å²) in [5.74, 6) is -0.393. The molecule has 2 aliphatic heterocycles. The third-order valence-electron chi connectivity index (χ3n) is 5.96. The minimum absolute atomic E-state index is 0.0101. The van der Waals surface area contributed by atoms with E-state index in [-0.39, 0.29) is 48.4 Å². The number of H-pyrrole nitrogens is 1. The minimum atomic E-state index is -0.269. The van der Waals surface area contributed by atoms with Crippen LogP contribution in [0, 0.1) is 19.8 Å². The Hall–Kier alpha value is -2.58. The molecule has 0 bridgehead atoms. The molecule has 0 spiro atoms. The number of carbonyl (C=O) groups is 3. The smallest absolute Gasteiger partial charge is 0.318 e. The zero-order valence-corrected chi connectivity index (χ0v) is 17.9. The second-order valence-electron chi connectivity index (χ2n) is 8.39. The number of nitrogens with zero attached hydrogens (tertiary/aromatic N) is 3. The van der Waals surface area contributed by atoms with Crippen LogP contribution in [0.4, 0.5) is 4.79 Å². The van der Waals surface area contributed by atoms with Crippen LogP contribution in [0.5, 0.6) is 0 Å². The van der Waals surface area contributed by atoms with Crippen molar-refractivity contribution in [3.8, 4) is 0 Å². The molecular formula is C20H32N6O3. The first kappa shape index (κ1) is 21.1. The van der Waals surface area contributed by atoms with Crippen LogP contribution in [0.3, 0.4) is 0 Å². The molecule has 9 nitrogen and oxygen atoms in total. The lowest BCUT2D eigenvalue weighted by atomic mass is 9.96. The Balaban J connectivity index is 1.68. The highest BCUT2D eigenvalue weighted by molar-refractivity contribution is 5.88. The van der Waals surface area contributed by atoms with Gasteiger partial charge in [0.05, 0.1) is 17.7 Å². The van der Waals surface area contributed by atoms with Gasteiger partial charge in [-0.25, -0.2) is 4.79 Å². The van der Waals surface area contributed by atoms with Crippen LogP contribution >= 0.6 is 0 Å². The third kappa shape index (κ3) is 4.23. The standard InChI is InChI=1S/C20H32N6O3/c1-6-17-15(19(28)21-8-16-12(4)23-24-13(16)5)7-14-9-25(10-18(27)26(14)17)20(29)22-11(2)3/h11,14-15,17H,6-10H2,1-5H3,(H,21,28)(H,22,29)(H,23,24)/t14-,15-,17-/m0/s1. The molecule has 160 valence electrons. The van der Waals surface area contributed by atoms with E-state index in [0.29, 0.717) is 25.9 Å².